The van der Waals surface area contributed by atoms with Gasteiger partial charge < -0.3 is 10.1 Å². The summed E-state index contributed by atoms with van der Waals surface area (Å²) in [6, 6.07) is 13.8. The van der Waals surface area contributed by atoms with Gasteiger partial charge in [-0.1, -0.05) is 30.3 Å². The molecule has 1 amide bonds. The van der Waals surface area contributed by atoms with Gasteiger partial charge in [-0.15, -0.1) is 0 Å². The van der Waals surface area contributed by atoms with E-state index in [2.05, 4.69) is 10.1 Å². The minimum absolute atomic E-state index is 0.0496. The van der Waals surface area contributed by atoms with Crippen LogP contribution >= 0.6 is 0 Å². The molecule has 9 heteroatoms. The predicted molar refractivity (Wildman–Crippen MR) is 115 cm³/mol. The molecular weight excluding hydrogens is 426 g/mol. The van der Waals surface area contributed by atoms with Crippen molar-refractivity contribution in [3.8, 4) is 5.75 Å². The van der Waals surface area contributed by atoms with Crippen LogP contribution in [-0.4, -0.2) is 44.1 Å². The predicted octanol–water partition coefficient (Wildman–Crippen LogP) is 4.02. The second-order valence-corrected chi connectivity index (χ2v) is 9.53. The Bertz CT molecular complexity index is 978. The van der Waals surface area contributed by atoms with E-state index in [4.69, 9.17) is 0 Å². The topological polar surface area (TPSA) is 75.7 Å². The van der Waals surface area contributed by atoms with Crippen LogP contribution in [-0.2, 0) is 21.2 Å². The Labute approximate surface area is 181 Å². The molecule has 168 valence electrons. The number of nitrogens with zero attached hydrogens (tertiary/aromatic N) is 1. The molecule has 0 spiro atoms. The van der Waals surface area contributed by atoms with Gasteiger partial charge in [-0.05, 0) is 43.0 Å². The first kappa shape index (κ1) is 23.1. The zero-order valence-corrected chi connectivity index (χ0v) is 17.9. The lowest BCUT2D eigenvalue weighted by Gasteiger charge is -2.15. The number of hydrogen-bond donors (Lipinski definition) is 1. The molecule has 0 aromatic heterocycles. The third kappa shape index (κ3) is 7.00. The number of carbonyl (C=O) groups excluding carboxylic acids is 1. The van der Waals surface area contributed by atoms with Gasteiger partial charge in [0.2, 0.25) is 15.9 Å². The molecule has 2 aromatic carbocycles. The Hall–Kier alpha value is -2.52. The number of sulfonamides is 1. The highest BCUT2D eigenvalue weighted by atomic mass is 32.2. The van der Waals surface area contributed by atoms with E-state index in [-0.39, 0.29) is 30.3 Å². The Morgan fingerprint density at radius 2 is 1.81 bits per heavy atom. The van der Waals surface area contributed by atoms with Gasteiger partial charge in [0.1, 0.15) is 5.75 Å². The molecule has 3 rings (SSSR count). The highest BCUT2D eigenvalue weighted by Gasteiger charge is 2.24. The maximum absolute atomic E-state index is 12.8. The largest absolute Gasteiger partial charge is 0.435 e. The maximum Gasteiger partial charge on any atom is 0.387 e. The molecule has 1 aliphatic rings. The first-order chi connectivity index (χ1) is 14.8. The fourth-order valence-electron chi connectivity index (χ4n) is 3.56. The number of nitrogens with one attached hydrogen (secondary N) is 1. The summed E-state index contributed by atoms with van der Waals surface area (Å²) in [7, 11) is -3.32. The van der Waals surface area contributed by atoms with Gasteiger partial charge >= 0.3 is 6.61 Å². The molecule has 0 unspecified atom stereocenters. The average molecular weight is 453 g/mol. The summed E-state index contributed by atoms with van der Waals surface area (Å²) < 4.78 is 56.1. The normalized spacial score (nSPS) is 14.7. The van der Waals surface area contributed by atoms with Gasteiger partial charge in [0.05, 0.1) is 5.75 Å². The van der Waals surface area contributed by atoms with E-state index in [0.717, 1.165) is 18.4 Å². The van der Waals surface area contributed by atoms with Gasteiger partial charge in [0, 0.05) is 37.2 Å². The van der Waals surface area contributed by atoms with Crippen LogP contribution in [0.2, 0.25) is 0 Å². The molecule has 0 atom stereocenters. The molecule has 0 saturated carbocycles. The van der Waals surface area contributed by atoms with E-state index in [1.54, 1.807) is 6.07 Å². The number of ether oxygens (including phenoxy) is 1. The molecule has 0 radical (unpaired) electrons. The molecule has 1 fully saturated rings. The Kier molecular flexibility index (Phi) is 7.97. The van der Waals surface area contributed by atoms with Gasteiger partial charge in [-0.2, -0.15) is 8.78 Å². The number of alkyl halides is 2. The van der Waals surface area contributed by atoms with Crippen molar-refractivity contribution in [1.82, 2.24) is 4.31 Å². The zero-order valence-electron chi connectivity index (χ0n) is 17.1. The number of halogens is 2. The minimum Gasteiger partial charge on any atom is -0.435 e. The number of benzene rings is 2. The van der Waals surface area contributed by atoms with Crippen molar-refractivity contribution in [2.75, 3.05) is 24.2 Å². The highest BCUT2D eigenvalue weighted by Crippen LogP contribution is 2.27. The van der Waals surface area contributed by atoms with Crippen LogP contribution in [0.1, 0.15) is 36.8 Å². The quantitative estimate of drug-likeness (QED) is 0.591. The number of hydrogen-bond acceptors (Lipinski definition) is 4. The second kappa shape index (κ2) is 10.7. The van der Waals surface area contributed by atoms with Gasteiger partial charge in [-0.25, -0.2) is 12.7 Å². The number of anilines is 1. The number of amides is 1. The van der Waals surface area contributed by atoms with Crippen molar-refractivity contribution >= 4 is 21.6 Å². The first-order valence-corrected chi connectivity index (χ1v) is 11.8. The van der Waals surface area contributed by atoms with Gasteiger partial charge in [0.15, 0.2) is 0 Å². The van der Waals surface area contributed by atoms with Crippen LogP contribution in [0, 0.1) is 0 Å². The summed E-state index contributed by atoms with van der Waals surface area (Å²) in [5.74, 6) is -0.348. The fraction of sp³-hybridized carbons (Fsp3) is 0.409. The van der Waals surface area contributed by atoms with Crippen molar-refractivity contribution in [3.63, 3.8) is 0 Å². The molecule has 6 nitrogen and oxygen atoms in total. The summed E-state index contributed by atoms with van der Waals surface area (Å²) in [4.78, 5) is 12.3. The third-order valence-electron chi connectivity index (χ3n) is 5.06. The maximum atomic E-state index is 12.8. The molecule has 1 heterocycles. The van der Waals surface area contributed by atoms with E-state index >= 15 is 0 Å². The lowest BCUT2D eigenvalue weighted by Crippen LogP contribution is -2.30. The smallest absolute Gasteiger partial charge is 0.387 e. The van der Waals surface area contributed by atoms with Crippen LogP contribution < -0.4 is 10.1 Å². The fourth-order valence-corrected chi connectivity index (χ4v) is 5.14. The lowest BCUT2D eigenvalue weighted by molar-refractivity contribution is -0.116. The van der Waals surface area contributed by atoms with Crippen LogP contribution in [0.3, 0.4) is 0 Å². The van der Waals surface area contributed by atoms with Crippen molar-refractivity contribution in [1.29, 1.82) is 0 Å². The summed E-state index contributed by atoms with van der Waals surface area (Å²) >= 11 is 0. The van der Waals surface area contributed by atoms with Crippen molar-refractivity contribution in [2.24, 2.45) is 0 Å². The Morgan fingerprint density at radius 1 is 1.10 bits per heavy atom. The molecule has 31 heavy (non-hydrogen) atoms. The van der Waals surface area contributed by atoms with Gasteiger partial charge in [-0.3, -0.25) is 4.79 Å². The van der Waals surface area contributed by atoms with Crippen LogP contribution in [0.25, 0.3) is 0 Å². The van der Waals surface area contributed by atoms with Crippen molar-refractivity contribution in [3.05, 3.63) is 59.7 Å². The standard InChI is InChI=1S/C22H26F2N2O4S/c23-22(24)30-20-11-10-19(16-18(20)15-17-7-2-1-3-8-17)25-21(27)9-6-14-31(28,29)26-12-4-5-13-26/h1-3,7-8,10-11,16,22H,4-6,9,12-15H2,(H,25,27). The van der Waals surface area contributed by atoms with E-state index in [1.165, 1.54) is 16.4 Å². The highest BCUT2D eigenvalue weighted by molar-refractivity contribution is 7.89. The monoisotopic (exact) mass is 452 g/mol. The van der Waals surface area contributed by atoms with Crippen molar-refractivity contribution in [2.45, 2.75) is 38.7 Å². The Morgan fingerprint density at radius 3 is 2.48 bits per heavy atom. The molecule has 0 bridgehead atoms. The number of carbonyl (C=O) groups is 1. The molecule has 1 aliphatic heterocycles. The summed E-state index contributed by atoms with van der Waals surface area (Å²) in [5, 5.41) is 2.71. The molecular formula is C22H26F2N2O4S. The van der Waals surface area contributed by atoms with E-state index in [9.17, 15) is 22.0 Å². The molecule has 1 N–H and O–H groups in total. The third-order valence-corrected chi connectivity index (χ3v) is 7.02. The second-order valence-electron chi connectivity index (χ2n) is 7.44. The molecule has 0 aliphatic carbocycles. The Balaban J connectivity index is 1.61. The van der Waals surface area contributed by atoms with Crippen LogP contribution in [0.15, 0.2) is 48.5 Å². The molecule has 1 saturated heterocycles. The summed E-state index contributed by atoms with van der Waals surface area (Å²) in [6.45, 7) is -1.86. The SMILES string of the molecule is O=C(CCCS(=O)(=O)N1CCCC1)Nc1ccc(OC(F)F)c(Cc2ccccc2)c1. The molecule has 2 aromatic rings. The van der Waals surface area contributed by atoms with Crippen molar-refractivity contribution < 1.29 is 26.7 Å². The van der Waals surface area contributed by atoms with E-state index in [1.807, 2.05) is 30.3 Å². The van der Waals surface area contributed by atoms with Crippen LogP contribution in [0.5, 0.6) is 5.75 Å². The summed E-state index contributed by atoms with van der Waals surface area (Å²) in [5.41, 5.74) is 1.87. The van der Waals surface area contributed by atoms with Gasteiger partial charge in [0.25, 0.3) is 0 Å². The zero-order chi connectivity index (χ0) is 22.3. The minimum atomic E-state index is -3.32. The summed E-state index contributed by atoms with van der Waals surface area (Å²) in [6.07, 6.45) is 2.37. The van der Waals surface area contributed by atoms with Crippen LogP contribution in [0.4, 0.5) is 14.5 Å². The number of rotatable bonds is 10. The first-order valence-electron chi connectivity index (χ1n) is 10.2. The van der Waals surface area contributed by atoms with E-state index in [0.29, 0.717) is 30.8 Å². The average Bonchev–Trinajstić information content (AvgIpc) is 3.26. The van der Waals surface area contributed by atoms with E-state index < -0.39 is 16.6 Å². The lowest BCUT2D eigenvalue weighted by atomic mass is 10.0.